The van der Waals surface area contributed by atoms with Crippen LogP contribution in [0, 0.1) is 0 Å². The predicted octanol–water partition coefficient (Wildman–Crippen LogP) is 2.81. The van der Waals surface area contributed by atoms with Gasteiger partial charge < -0.3 is 15.4 Å². The summed E-state index contributed by atoms with van der Waals surface area (Å²) in [6.45, 7) is 8.80. The molecular formula is C14H27N3OS. The Bertz CT molecular complexity index is 342. The zero-order valence-corrected chi connectivity index (χ0v) is 13.4. The Kier molecular flexibility index (Phi) is 7.34. The first-order valence-corrected chi connectivity index (χ1v) is 7.97. The Balaban J connectivity index is 2.98. The lowest BCUT2D eigenvalue weighted by atomic mass is 10.1. The molecule has 0 saturated carbocycles. The van der Waals surface area contributed by atoms with E-state index in [9.17, 15) is 0 Å². The van der Waals surface area contributed by atoms with E-state index in [4.69, 9.17) is 15.5 Å². The quantitative estimate of drug-likeness (QED) is 0.758. The van der Waals surface area contributed by atoms with Crippen molar-refractivity contribution < 1.29 is 4.74 Å². The maximum Gasteiger partial charge on any atom is 0.186 e. The van der Waals surface area contributed by atoms with Crippen LogP contribution >= 0.6 is 11.3 Å². The van der Waals surface area contributed by atoms with Crippen molar-refractivity contribution >= 4 is 16.5 Å². The molecule has 0 unspecified atom stereocenters. The minimum atomic E-state index is 0.525. The summed E-state index contributed by atoms with van der Waals surface area (Å²) >= 11 is 1.74. The number of thiazole rings is 1. The number of nitrogens with zero attached hydrogens (tertiary/aromatic N) is 2. The first-order valence-electron chi connectivity index (χ1n) is 7.15. The van der Waals surface area contributed by atoms with E-state index in [1.165, 1.54) is 4.88 Å². The molecule has 19 heavy (non-hydrogen) atoms. The Morgan fingerprint density at radius 1 is 1.32 bits per heavy atom. The van der Waals surface area contributed by atoms with E-state index in [-0.39, 0.29) is 0 Å². The molecule has 5 heteroatoms. The van der Waals surface area contributed by atoms with Gasteiger partial charge in [0, 0.05) is 31.1 Å². The maximum atomic E-state index is 5.81. The van der Waals surface area contributed by atoms with Crippen LogP contribution in [0.2, 0.25) is 0 Å². The minimum absolute atomic E-state index is 0.525. The number of anilines is 1. The van der Waals surface area contributed by atoms with Gasteiger partial charge in [-0.2, -0.15) is 0 Å². The lowest BCUT2D eigenvalue weighted by Gasteiger charge is -2.30. The molecule has 0 aliphatic heterocycles. The number of aromatic nitrogens is 1. The number of methoxy groups -OCH3 is 1. The second-order valence-corrected chi connectivity index (χ2v) is 5.64. The fraction of sp³-hybridized carbons (Fsp3) is 0.786. The van der Waals surface area contributed by atoms with Crippen LogP contribution in [0.3, 0.4) is 0 Å². The van der Waals surface area contributed by atoms with E-state index in [2.05, 4.69) is 25.7 Å². The van der Waals surface area contributed by atoms with Crippen LogP contribution in [0.15, 0.2) is 0 Å². The Morgan fingerprint density at radius 2 is 2.00 bits per heavy atom. The number of rotatable bonds is 9. The second-order valence-electron chi connectivity index (χ2n) is 4.58. The molecule has 4 nitrogen and oxygen atoms in total. The summed E-state index contributed by atoms with van der Waals surface area (Å²) in [4.78, 5) is 8.37. The van der Waals surface area contributed by atoms with Gasteiger partial charge in [-0.15, -0.1) is 11.3 Å². The summed E-state index contributed by atoms with van der Waals surface area (Å²) in [6.07, 6.45) is 3.20. The number of hydrogen-bond acceptors (Lipinski definition) is 5. The summed E-state index contributed by atoms with van der Waals surface area (Å²) in [6, 6.07) is 0.525. The van der Waals surface area contributed by atoms with Crippen LogP contribution in [0.4, 0.5) is 5.13 Å². The van der Waals surface area contributed by atoms with E-state index in [1.54, 1.807) is 18.4 Å². The first kappa shape index (κ1) is 16.4. The fourth-order valence-electron chi connectivity index (χ4n) is 2.28. The van der Waals surface area contributed by atoms with Gasteiger partial charge >= 0.3 is 0 Å². The molecule has 0 bridgehead atoms. The third-order valence-corrected chi connectivity index (χ3v) is 4.61. The highest BCUT2D eigenvalue weighted by molar-refractivity contribution is 7.15. The Morgan fingerprint density at radius 3 is 2.42 bits per heavy atom. The summed E-state index contributed by atoms with van der Waals surface area (Å²) in [5.74, 6) is 0. The third kappa shape index (κ3) is 4.16. The summed E-state index contributed by atoms with van der Waals surface area (Å²) in [7, 11) is 1.75. The molecule has 1 heterocycles. The van der Waals surface area contributed by atoms with Crippen LogP contribution in [0.1, 0.15) is 44.2 Å². The molecule has 0 atom stereocenters. The van der Waals surface area contributed by atoms with Crippen molar-refractivity contribution in [2.24, 2.45) is 5.73 Å². The van der Waals surface area contributed by atoms with Gasteiger partial charge in [0.1, 0.15) is 0 Å². The molecular weight excluding hydrogens is 258 g/mol. The van der Waals surface area contributed by atoms with Crippen LogP contribution in [0.5, 0.6) is 0 Å². The lowest BCUT2D eigenvalue weighted by Crippen LogP contribution is -2.37. The fourth-order valence-corrected chi connectivity index (χ4v) is 3.41. The zero-order chi connectivity index (χ0) is 14.3. The van der Waals surface area contributed by atoms with E-state index < -0.39 is 0 Å². The van der Waals surface area contributed by atoms with Crippen molar-refractivity contribution in [3.63, 3.8) is 0 Å². The number of hydrogen-bond donors (Lipinski definition) is 1. The molecule has 0 saturated heterocycles. The van der Waals surface area contributed by atoms with Crippen molar-refractivity contribution in [1.82, 2.24) is 4.98 Å². The number of aryl methyl sites for hydroxylation is 1. The molecule has 1 aromatic rings. The van der Waals surface area contributed by atoms with E-state index >= 15 is 0 Å². The standard InChI is InChI=1S/C14H27N3OS/c1-5-11(6-2)17(8-9-18-4)14-16-12(7-3)13(10-15)19-14/h11H,5-10,15H2,1-4H3. The molecule has 0 fully saturated rings. The number of nitrogens with two attached hydrogens (primary N) is 1. The summed E-state index contributed by atoms with van der Waals surface area (Å²) < 4.78 is 5.23. The smallest absolute Gasteiger partial charge is 0.186 e. The van der Waals surface area contributed by atoms with Gasteiger partial charge in [0.2, 0.25) is 0 Å². The highest BCUT2D eigenvalue weighted by Gasteiger charge is 2.20. The molecule has 110 valence electrons. The first-order chi connectivity index (χ1) is 9.21. The van der Waals surface area contributed by atoms with Crippen LogP contribution in [-0.4, -0.2) is 31.3 Å². The molecule has 0 aliphatic carbocycles. The van der Waals surface area contributed by atoms with Gasteiger partial charge in [-0.1, -0.05) is 20.8 Å². The van der Waals surface area contributed by atoms with Gasteiger partial charge in [0.25, 0.3) is 0 Å². The molecule has 0 spiro atoms. The van der Waals surface area contributed by atoms with Crippen molar-refractivity contribution in [1.29, 1.82) is 0 Å². The second kappa shape index (κ2) is 8.51. The Labute approximate surface area is 121 Å². The molecule has 1 rings (SSSR count). The highest BCUT2D eigenvalue weighted by Crippen LogP contribution is 2.29. The third-order valence-electron chi connectivity index (χ3n) is 3.45. The normalized spacial score (nSPS) is 11.3. The van der Waals surface area contributed by atoms with Crippen LogP contribution in [0.25, 0.3) is 0 Å². The van der Waals surface area contributed by atoms with E-state index in [1.807, 2.05) is 0 Å². The average Bonchev–Trinajstić information content (AvgIpc) is 2.86. The molecule has 0 aromatic carbocycles. The Hall–Kier alpha value is -0.650. The van der Waals surface area contributed by atoms with Crippen molar-refractivity contribution in [2.75, 3.05) is 25.2 Å². The maximum absolute atomic E-state index is 5.81. The van der Waals surface area contributed by atoms with E-state index in [0.29, 0.717) is 12.6 Å². The monoisotopic (exact) mass is 285 g/mol. The summed E-state index contributed by atoms with van der Waals surface area (Å²) in [5.41, 5.74) is 6.96. The van der Waals surface area contributed by atoms with Crippen molar-refractivity contribution in [2.45, 2.75) is 52.6 Å². The average molecular weight is 285 g/mol. The molecule has 1 aromatic heterocycles. The van der Waals surface area contributed by atoms with Crippen molar-refractivity contribution in [3.8, 4) is 0 Å². The molecule has 0 aliphatic rings. The van der Waals surface area contributed by atoms with Gasteiger partial charge in [-0.05, 0) is 19.3 Å². The molecule has 0 amide bonds. The summed E-state index contributed by atoms with van der Waals surface area (Å²) in [5, 5.41) is 1.10. The van der Waals surface area contributed by atoms with Crippen molar-refractivity contribution in [3.05, 3.63) is 10.6 Å². The largest absolute Gasteiger partial charge is 0.383 e. The van der Waals surface area contributed by atoms with Gasteiger partial charge in [0.05, 0.1) is 12.3 Å². The van der Waals surface area contributed by atoms with E-state index in [0.717, 1.165) is 43.2 Å². The van der Waals surface area contributed by atoms with Crippen LogP contribution < -0.4 is 10.6 Å². The topological polar surface area (TPSA) is 51.4 Å². The number of ether oxygens (including phenoxy) is 1. The molecule has 2 N–H and O–H groups in total. The minimum Gasteiger partial charge on any atom is -0.383 e. The van der Waals surface area contributed by atoms with Gasteiger partial charge in [-0.25, -0.2) is 4.98 Å². The van der Waals surface area contributed by atoms with Gasteiger partial charge in [-0.3, -0.25) is 0 Å². The lowest BCUT2D eigenvalue weighted by molar-refractivity contribution is 0.202. The van der Waals surface area contributed by atoms with Crippen LogP contribution in [-0.2, 0) is 17.7 Å². The van der Waals surface area contributed by atoms with Gasteiger partial charge in [0.15, 0.2) is 5.13 Å². The SMILES string of the molecule is CCc1nc(N(CCOC)C(CC)CC)sc1CN. The zero-order valence-electron chi connectivity index (χ0n) is 12.6. The predicted molar refractivity (Wildman–Crippen MR) is 83.0 cm³/mol. The highest BCUT2D eigenvalue weighted by atomic mass is 32.1. The molecule has 0 radical (unpaired) electrons.